The summed E-state index contributed by atoms with van der Waals surface area (Å²) in [5, 5.41) is 12.0. The van der Waals surface area contributed by atoms with Gasteiger partial charge in [0.05, 0.1) is 35.6 Å². The number of benzene rings is 1. The van der Waals surface area contributed by atoms with Crippen molar-refractivity contribution < 1.29 is 46.9 Å². The Balaban J connectivity index is 1.46. The lowest BCUT2D eigenvalue weighted by Crippen LogP contribution is -2.46. The summed E-state index contributed by atoms with van der Waals surface area (Å²) in [5.41, 5.74) is 0.130. The van der Waals surface area contributed by atoms with Gasteiger partial charge in [-0.1, -0.05) is 23.3 Å². The molecule has 240 valence electrons. The van der Waals surface area contributed by atoms with E-state index >= 15 is 0 Å². The Morgan fingerprint density at radius 2 is 1.72 bits per heavy atom. The van der Waals surface area contributed by atoms with Gasteiger partial charge in [-0.05, 0) is 64.5 Å². The van der Waals surface area contributed by atoms with Crippen LogP contribution in [0.1, 0.15) is 30.0 Å². The molecular weight excluding hydrogens is 699 g/mol. The molecule has 15 heteroatoms. The molecule has 2 heterocycles. The minimum absolute atomic E-state index is 0.0381. The zero-order chi connectivity index (χ0) is 33.4. The number of carbonyl (C=O) groups excluding carboxylic acids is 4. The fraction of sp³-hybridized carbons (Fsp3) is 0.323. The number of methoxy groups -OCH3 is 2. The minimum Gasteiger partial charge on any atom is -0.502 e. The summed E-state index contributed by atoms with van der Waals surface area (Å²) >= 11 is 9.36. The van der Waals surface area contributed by atoms with E-state index in [-0.39, 0.29) is 50.7 Å². The van der Waals surface area contributed by atoms with Gasteiger partial charge in [-0.2, -0.15) is 18.2 Å². The smallest absolute Gasteiger partial charge is 0.433 e. The van der Waals surface area contributed by atoms with Crippen LogP contribution in [0.5, 0.6) is 17.2 Å². The van der Waals surface area contributed by atoms with Crippen molar-refractivity contribution in [2.75, 3.05) is 26.3 Å². The predicted molar refractivity (Wildman–Crippen MR) is 160 cm³/mol. The number of halogens is 5. The van der Waals surface area contributed by atoms with Crippen LogP contribution in [-0.4, -0.2) is 59.7 Å². The third kappa shape index (κ3) is 4.80. The van der Waals surface area contributed by atoms with Gasteiger partial charge < -0.3 is 14.6 Å². The van der Waals surface area contributed by atoms with Crippen LogP contribution in [0.3, 0.4) is 0 Å². The molecule has 1 N–H and O–H groups in total. The van der Waals surface area contributed by atoms with E-state index in [1.165, 1.54) is 39.5 Å². The van der Waals surface area contributed by atoms with Gasteiger partial charge in [0.25, 0.3) is 11.8 Å². The summed E-state index contributed by atoms with van der Waals surface area (Å²) in [6.45, 7) is 0. The third-order valence-corrected chi connectivity index (χ3v) is 9.75. The van der Waals surface area contributed by atoms with Crippen molar-refractivity contribution >= 4 is 56.7 Å². The first-order valence-electron chi connectivity index (χ1n) is 13.9. The molecule has 4 aliphatic rings. The molecule has 3 aliphatic carbocycles. The number of aromatic nitrogens is 1. The van der Waals surface area contributed by atoms with Gasteiger partial charge >= 0.3 is 6.18 Å². The van der Waals surface area contributed by atoms with Crippen molar-refractivity contribution in [3.05, 3.63) is 73.9 Å². The summed E-state index contributed by atoms with van der Waals surface area (Å²) in [4.78, 5) is 58.5. The zero-order valence-corrected chi connectivity index (χ0v) is 26.7. The second-order valence-electron chi connectivity index (χ2n) is 11.2. The van der Waals surface area contributed by atoms with E-state index < -0.39 is 64.7 Å². The van der Waals surface area contributed by atoms with E-state index in [9.17, 15) is 37.5 Å². The average Bonchev–Trinajstić information content (AvgIpc) is 3.27. The van der Waals surface area contributed by atoms with Crippen LogP contribution in [0, 0.1) is 17.8 Å². The third-order valence-electron chi connectivity index (χ3n) is 8.87. The first-order chi connectivity index (χ1) is 21.7. The van der Waals surface area contributed by atoms with Gasteiger partial charge in [-0.15, -0.1) is 0 Å². The van der Waals surface area contributed by atoms with Crippen LogP contribution in [0.15, 0.2) is 57.6 Å². The lowest BCUT2D eigenvalue weighted by Gasteiger charge is -2.42. The highest BCUT2D eigenvalue weighted by atomic mass is 79.9. The Kier molecular flexibility index (Phi) is 7.79. The van der Waals surface area contributed by atoms with E-state index in [0.717, 1.165) is 16.1 Å². The molecule has 0 saturated carbocycles. The number of anilines is 1. The van der Waals surface area contributed by atoms with E-state index in [0.29, 0.717) is 17.2 Å². The molecule has 6 rings (SSSR count). The van der Waals surface area contributed by atoms with E-state index in [1.807, 2.05) is 0 Å². The second kappa shape index (κ2) is 11.3. The van der Waals surface area contributed by atoms with E-state index in [2.05, 4.69) is 20.9 Å². The number of pyridine rings is 1. The molecule has 0 bridgehead atoms. The number of alkyl halides is 3. The molecule has 2 amide bonds. The maximum absolute atomic E-state index is 14.2. The molecule has 1 aromatic heterocycles. The lowest BCUT2D eigenvalue weighted by atomic mass is 9.59. The summed E-state index contributed by atoms with van der Waals surface area (Å²) in [6.07, 6.45) is -1.83. The Bertz CT molecular complexity index is 1810. The van der Waals surface area contributed by atoms with Crippen LogP contribution in [0.2, 0.25) is 5.02 Å². The van der Waals surface area contributed by atoms with Gasteiger partial charge in [-0.25, -0.2) is 4.98 Å². The number of amides is 2. The zero-order valence-electron chi connectivity index (χ0n) is 24.3. The maximum Gasteiger partial charge on any atom is 0.433 e. The number of allylic oxidation sites excluding steroid dienone is 6. The number of Topliss-reactive ketones (excluding diaryl/α,β-unsaturated/α-hetero) is 1. The standard InChI is InChI=1S/C31H24BrClF3N3O7/c1-38(28-18(33)6-7-22(37-28)31(34,35)36)39-29(43)14-5-4-13-15(24(14)30(39)44)10-16-25(19(40)11-17(32)26(16)41)23(13)12-8-20(45-2)27(42)21(9-12)46-3/h4,6-9,11,14-15,23-24,42H,5,10H2,1-3H3. The molecule has 1 saturated heterocycles. The first-order valence-corrected chi connectivity index (χ1v) is 15.1. The quantitative estimate of drug-likeness (QED) is 0.249. The van der Waals surface area contributed by atoms with Crippen molar-refractivity contribution in [3.63, 3.8) is 0 Å². The van der Waals surface area contributed by atoms with Crippen LogP contribution < -0.4 is 14.5 Å². The number of hydrogen-bond acceptors (Lipinski definition) is 9. The molecule has 1 fully saturated rings. The number of hydrogen-bond donors (Lipinski definition) is 1. The highest BCUT2D eigenvalue weighted by Crippen LogP contribution is 2.56. The van der Waals surface area contributed by atoms with Crippen LogP contribution in [0.25, 0.3) is 0 Å². The topological polar surface area (TPSA) is 126 Å². The summed E-state index contributed by atoms with van der Waals surface area (Å²) in [5.74, 6) is -6.45. The Labute approximate surface area is 273 Å². The molecule has 0 radical (unpaired) electrons. The second-order valence-corrected chi connectivity index (χ2v) is 12.4. The Morgan fingerprint density at radius 1 is 1.07 bits per heavy atom. The number of aromatic hydroxyl groups is 1. The number of phenolic OH excluding ortho intramolecular Hbond substituents is 1. The van der Waals surface area contributed by atoms with Crippen LogP contribution in [-0.2, 0) is 25.4 Å². The van der Waals surface area contributed by atoms with Crippen molar-refractivity contribution in [1.29, 1.82) is 0 Å². The number of ketones is 2. The molecule has 10 nitrogen and oxygen atoms in total. The number of ether oxygens (including phenoxy) is 2. The summed E-state index contributed by atoms with van der Waals surface area (Å²) in [6, 6.07) is 4.70. The van der Waals surface area contributed by atoms with Crippen LogP contribution >= 0.6 is 27.5 Å². The molecule has 46 heavy (non-hydrogen) atoms. The monoisotopic (exact) mass is 721 g/mol. The van der Waals surface area contributed by atoms with Crippen LogP contribution in [0.4, 0.5) is 19.0 Å². The first kappa shape index (κ1) is 31.8. The largest absolute Gasteiger partial charge is 0.502 e. The number of nitrogens with zero attached hydrogens (tertiary/aromatic N) is 3. The predicted octanol–water partition coefficient (Wildman–Crippen LogP) is 5.29. The molecule has 4 unspecified atom stereocenters. The molecule has 0 spiro atoms. The number of phenols is 1. The number of imide groups is 1. The van der Waals surface area contributed by atoms with Gasteiger partial charge in [-0.3, -0.25) is 24.2 Å². The molecule has 2 aromatic rings. The summed E-state index contributed by atoms with van der Waals surface area (Å²) in [7, 11) is 3.90. The highest BCUT2D eigenvalue weighted by Gasteiger charge is 2.58. The van der Waals surface area contributed by atoms with E-state index in [1.54, 1.807) is 6.08 Å². The fourth-order valence-corrected chi connectivity index (χ4v) is 7.53. The number of rotatable bonds is 5. The SMILES string of the molecule is COc1cc(C2C3=CCC4C(=O)N(N(C)c5nc(C(F)(F)F)ccc5Cl)C(=O)C4C3CC3=C2C(=O)C=C(Br)C3=O)cc(OC)c1O. The molecule has 4 atom stereocenters. The Hall–Kier alpha value is -4.17. The number of hydrazine groups is 1. The molecule has 1 aliphatic heterocycles. The van der Waals surface area contributed by atoms with Gasteiger partial charge in [0.15, 0.2) is 28.9 Å². The fourth-order valence-electron chi connectivity index (χ4n) is 6.86. The Morgan fingerprint density at radius 3 is 2.33 bits per heavy atom. The highest BCUT2D eigenvalue weighted by molar-refractivity contribution is 9.12. The van der Waals surface area contributed by atoms with E-state index in [4.69, 9.17) is 21.1 Å². The summed E-state index contributed by atoms with van der Waals surface area (Å²) < 4.78 is 51.1. The number of fused-ring (bicyclic) bond motifs is 3. The average molecular weight is 723 g/mol. The number of carbonyl (C=O) groups is 4. The van der Waals surface area contributed by atoms with Gasteiger partial charge in [0.2, 0.25) is 5.75 Å². The van der Waals surface area contributed by atoms with Crippen molar-refractivity contribution in [3.8, 4) is 17.2 Å². The maximum atomic E-state index is 14.2. The van der Waals surface area contributed by atoms with Crippen molar-refractivity contribution in [2.24, 2.45) is 17.8 Å². The van der Waals surface area contributed by atoms with Gasteiger partial charge in [0.1, 0.15) is 5.69 Å². The van der Waals surface area contributed by atoms with Crippen molar-refractivity contribution in [1.82, 2.24) is 9.99 Å². The molecular formula is C31H24BrClF3N3O7. The van der Waals surface area contributed by atoms with Gasteiger partial charge in [0, 0.05) is 30.2 Å². The molecule has 1 aromatic carbocycles. The normalized spacial score (nSPS) is 24.3. The minimum atomic E-state index is -4.80. The lowest BCUT2D eigenvalue weighted by molar-refractivity contribution is -0.141. The van der Waals surface area contributed by atoms with Crippen molar-refractivity contribution in [2.45, 2.75) is 24.9 Å².